The van der Waals surface area contributed by atoms with Crippen LogP contribution in [0, 0.1) is 0 Å². The van der Waals surface area contributed by atoms with Crippen LogP contribution < -0.4 is 7.42 Å². The summed E-state index contributed by atoms with van der Waals surface area (Å²) >= 11 is -3.83. The zero-order valence-corrected chi connectivity index (χ0v) is 17.7. The van der Waals surface area contributed by atoms with Crippen LogP contribution in [-0.2, 0) is 6.54 Å². The first kappa shape index (κ1) is 14.9. The van der Waals surface area contributed by atoms with Gasteiger partial charge in [0.05, 0.1) is 0 Å². The fourth-order valence-electron chi connectivity index (χ4n) is 2.24. The molecule has 0 atom stereocenters. The minimum absolute atomic E-state index is 1.24. The van der Waals surface area contributed by atoms with E-state index in [-0.39, 0.29) is 0 Å². The predicted molar refractivity (Wildman–Crippen MR) is 80.7 cm³/mol. The van der Waals surface area contributed by atoms with Gasteiger partial charge in [0, 0.05) is 0 Å². The van der Waals surface area contributed by atoms with E-state index in [4.69, 9.17) is 0 Å². The van der Waals surface area contributed by atoms with Crippen molar-refractivity contribution >= 4 is 44.2 Å². The summed E-state index contributed by atoms with van der Waals surface area (Å²) in [6.07, 6.45) is 1.26. The van der Waals surface area contributed by atoms with Gasteiger partial charge in [-0.25, -0.2) is 0 Å². The Bertz CT molecular complexity index is 321. The Balaban J connectivity index is 3.28. The molecule has 1 nitrogen and oxygen atoms in total. The second-order valence-corrected chi connectivity index (χ2v) is 35.4. The van der Waals surface area contributed by atoms with Crippen molar-refractivity contribution < 1.29 is 0 Å². The molecule has 1 heterocycles. The Hall–Kier alpha value is 0.877. The van der Waals surface area contributed by atoms with Crippen LogP contribution in [0.1, 0.15) is 13.3 Å². The molecule has 0 aliphatic carbocycles. The average Bonchev–Trinajstić information content (AvgIpc) is 2.46. The van der Waals surface area contributed by atoms with Crippen LogP contribution in [0.3, 0.4) is 0 Å². The first-order valence-electron chi connectivity index (χ1n) is 6.38. The number of nitrogens with zero attached hydrogens (tertiary/aromatic N) is 1. The Labute approximate surface area is 109 Å². The topological polar surface area (TPSA) is 4.93 Å². The van der Waals surface area contributed by atoms with Crippen LogP contribution in [-0.4, -0.2) is 41.3 Å². The molecule has 92 valence electrons. The number of hydrogen-bond acceptors (Lipinski definition) is 0. The molecule has 3 heteroatoms. The van der Waals surface area contributed by atoms with E-state index in [1.54, 1.807) is 7.42 Å². The number of hydrogen-bond donors (Lipinski definition) is 0. The normalized spacial score (nSPS) is 13.2. The minimum atomic E-state index is -1.92. The van der Waals surface area contributed by atoms with Gasteiger partial charge in [-0.15, -0.1) is 0 Å². The summed E-state index contributed by atoms with van der Waals surface area (Å²) in [4.78, 5) is 15.2. The van der Waals surface area contributed by atoms with E-state index in [1.807, 2.05) is 0 Å². The standard InChI is InChI=1S/C7H9N.6CH3.2Sn/c1-2-5-8-6-3-4-7-8;;;;;;;;/h3-4H,2,5H2,1H3;6*1H3;;. The Kier molecular flexibility index (Phi) is 4.90. The van der Waals surface area contributed by atoms with Crippen LogP contribution in [0.15, 0.2) is 12.1 Å². The Morgan fingerprint density at radius 1 is 0.875 bits per heavy atom. The van der Waals surface area contributed by atoms with Crippen LogP contribution in [0.5, 0.6) is 0 Å². The van der Waals surface area contributed by atoms with Gasteiger partial charge in [-0.05, 0) is 0 Å². The van der Waals surface area contributed by atoms with Crippen molar-refractivity contribution in [2.45, 2.75) is 49.5 Å². The van der Waals surface area contributed by atoms with Crippen molar-refractivity contribution in [3.05, 3.63) is 12.1 Å². The van der Waals surface area contributed by atoms with Gasteiger partial charge in [0.1, 0.15) is 0 Å². The third-order valence-corrected chi connectivity index (χ3v) is 14.2. The molecular formula is C13H27NSn2. The summed E-state index contributed by atoms with van der Waals surface area (Å²) in [5.41, 5.74) is 0. The third kappa shape index (κ3) is 3.44. The van der Waals surface area contributed by atoms with Crippen molar-refractivity contribution in [1.82, 2.24) is 4.57 Å². The molecule has 0 fully saturated rings. The summed E-state index contributed by atoms with van der Waals surface area (Å²) in [5, 5.41) is 0. The average molecular weight is 435 g/mol. The SMILES string of the molecule is CCCn1[c]([Sn]([CH3])([CH3])[CH3])cc[c]1[Sn]([CH3])([CH3])[CH3]. The van der Waals surface area contributed by atoms with Gasteiger partial charge in [-0.2, -0.15) is 0 Å². The summed E-state index contributed by atoms with van der Waals surface area (Å²) in [6, 6.07) is 4.90. The van der Waals surface area contributed by atoms with Crippen molar-refractivity contribution in [3.8, 4) is 0 Å². The third-order valence-electron chi connectivity index (χ3n) is 2.96. The molecule has 0 spiro atoms. The molecule has 0 saturated heterocycles. The maximum atomic E-state index is 2.70. The first-order chi connectivity index (χ1) is 7.18. The van der Waals surface area contributed by atoms with E-state index in [9.17, 15) is 0 Å². The van der Waals surface area contributed by atoms with Crippen molar-refractivity contribution in [2.75, 3.05) is 0 Å². The van der Waals surface area contributed by atoms with Gasteiger partial charge in [0.15, 0.2) is 0 Å². The van der Waals surface area contributed by atoms with Gasteiger partial charge in [-0.1, -0.05) is 0 Å². The molecule has 16 heavy (non-hydrogen) atoms. The molecule has 1 aromatic rings. The van der Waals surface area contributed by atoms with E-state index >= 15 is 0 Å². The summed E-state index contributed by atoms with van der Waals surface area (Å²) in [7, 11) is 0. The molecule has 0 saturated carbocycles. The zero-order chi connectivity index (χ0) is 12.6. The van der Waals surface area contributed by atoms with Crippen LogP contribution in [0.4, 0.5) is 0 Å². The van der Waals surface area contributed by atoms with E-state index < -0.39 is 36.8 Å². The van der Waals surface area contributed by atoms with Crippen LogP contribution >= 0.6 is 0 Å². The molecule has 1 aromatic heterocycles. The summed E-state index contributed by atoms with van der Waals surface area (Å²) < 4.78 is 6.14. The quantitative estimate of drug-likeness (QED) is 0.642. The molecule has 0 amide bonds. The van der Waals surface area contributed by atoms with Crippen molar-refractivity contribution in [2.24, 2.45) is 0 Å². The van der Waals surface area contributed by atoms with Crippen LogP contribution in [0.2, 0.25) is 29.6 Å². The second-order valence-electron chi connectivity index (χ2n) is 6.76. The molecule has 0 aliphatic heterocycles. The van der Waals surface area contributed by atoms with Crippen molar-refractivity contribution in [1.29, 1.82) is 0 Å². The maximum absolute atomic E-state index is 2.70. The zero-order valence-electron chi connectivity index (χ0n) is 12.0. The molecule has 0 aliphatic rings. The van der Waals surface area contributed by atoms with Crippen LogP contribution in [0.25, 0.3) is 0 Å². The summed E-state index contributed by atoms with van der Waals surface area (Å²) in [5.74, 6) is 0. The molecule has 0 aromatic carbocycles. The first-order valence-corrected chi connectivity index (χ1v) is 26.4. The number of rotatable bonds is 4. The fourth-order valence-corrected chi connectivity index (χ4v) is 12.4. The molecule has 1 rings (SSSR count). The van der Waals surface area contributed by atoms with E-state index in [2.05, 4.69) is 53.3 Å². The number of aromatic nitrogens is 1. The van der Waals surface area contributed by atoms with Crippen molar-refractivity contribution in [3.63, 3.8) is 0 Å². The second kappa shape index (κ2) is 5.25. The van der Waals surface area contributed by atoms with Gasteiger partial charge >= 0.3 is 110 Å². The molecule has 0 N–H and O–H groups in total. The monoisotopic (exact) mass is 437 g/mol. The van der Waals surface area contributed by atoms with Gasteiger partial charge in [-0.3, -0.25) is 0 Å². The van der Waals surface area contributed by atoms with Gasteiger partial charge in [0.25, 0.3) is 0 Å². The predicted octanol–water partition coefficient (Wildman–Crippen LogP) is 2.99. The summed E-state index contributed by atoms with van der Waals surface area (Å²) in [6.45, 7) is 3.53. The van der Waals surface area contributed by atoms with E-state index in [1.165, 1.54) is 13.0 Å². The Morgan fingerprint density at radius 3 is 1.50 bits per heavy atom. The van der Waals surface area contributed by atoms with E-state index in [0.717, 1.165) is 0 Å². The van der Waals surface area contributed by atoms with Gasteiger partial charge < -0.3 is 0 Å². The molecule has 0 unspecified atom stereocenters. The van der Waals surface area contributed by atoms with E-state index in [0.29, 0.717) is 0 Å². The molecule has 0 radical (unpaired) electrons. The fraction of sp³-hybridized carbons (Fsp3) is 0.692. The molecule has 0 bridgehead atoms. The van der Waals surface area contributed by atoms with Gasteiger partial charge in [0.2, 0.25) is 0 Å². The Morgan fingerprint density at radius 2 is 1.25 bits per heavy atom. The molecular weight excluding hydrogens is 408 g/mol.